The van der Waals surface area contributed by atoms with Gasteiger partial charge in [-0.2, -0.15) is 0 Å². The molecule has 2 N–H and O–H groups in total. The summed E-state index contributed by atoms with van der Waals surface area (Å²) in [4.78, 5) is 25.3. The molecule has 0 rings (SSSR count). The molecule has 70 heavy (non-hydrogen) atoms. The van der Waals surface area contributed by atoms with Crippen LogP contribution >= 0.6 is 7.82 Å². The fraction of sp³-hybridized carbons (Fsp3) is 0.689. The summed E-state index contributed by atoms with van der Waals surface area (Å²) in [5.74, 6) is -0.174. The van der Waals surface area contributed by atoms with Crippen LogP contribution in [-0.2, 0) is 18.4 Å². The Morgan fingerprint density at radius 3 is 1.27 bits per heavy atom. The number of unbranched alkanes of at least 4 members (excludes halogenated alkanes) is 19. The second-order valence-corrected chi connectivity index (χ2v) is 21.3. The van der Waals surface area contributed by atoms with Crippen molar-refractivity contribution < 1.29 is 32.9 Å². The van der Waals surface area contributed by atoms with Crippen molar-refractivity contribution >= 4 is 13.7 Å². The van der Waals surface area contributed by atoms with E-state index in [0.717, 1.165) is 96.3 Å². The maximum atomic E-state index is 12.9. The fourth-order valence-corrected chi connectivity index (χ4v) is 8.34. The van der Waals surface area contributed by atoms with Gasteiger partial charge in [0.15, 0.2) is 0 Å². The number of aliphatic hydroxyl groups is 1. The largest absolute Gasteiger partial charge is 0.756 e. The Bertz CT molecular complexity index is 1500. The van der Waals surface area contributed by atoms with Crippen molar-refractivity contribution in [1.29, 1.82) is 0 Å². The fourth-order valence-electron chi connectivity index (χ4n) is 7.62. The number of carbonyl (C=O) groups is 1. The van der Waals surface area contributed by atoms with Crippen molar-refractivity contribution in [2.24, 2.45) is 0 Å². The predicted octanol–water partition coefficient (Wildman–Crippen LogP) is 16.6. The molecule has 0 radical (unpaired) electrons. The number of phosphoric acid groups is 1. The number of hydrogen-bond acceptors (Lipinski definition) is 6. The van der Waals surface area contributed by atoms with Crippen LogP contribution < -0.4 is 10.2 Å². The molecule has 9 heteroatoms. The minimum Gasteiger partial charge on any atom is -0.756 e. The van der Waals surface area contributed by atoms with Gasteiger partial charge in [-0.1, -0.05) is 239 Å². The number of rotatable bonds is 50. The van der Waals surface area contributed by atoms with Gasteiger partial charge in [0, 0.05) is 6.42 Å². The highest BCUT2D eigenvalue weighted by molar-refractivity contribution is 7.45. The summed E-state index contributed by atoms with van der Waals surface area (Å²) >= 11 is 0. The summed E-state index contributed by atoms with van der Waals surface area (Å²) in [6.07, 6.45) is 74.5. The molecule has 1 amide bonds. The Hall–Kier alpha value is -2.84. The molecule has 8 nitrogen and oxygen atoms in total. The number of amides is 1. The first-order valence-corrected chi connectivity index (χ1v) is 29.7. The van der Waals surface area contributed by atoms with E-state index in [2.05, 4.69) is 129 Å². The highest BCUT2D eigenvalue weighted by atomic mass is 31.2. The van der Waals surface area contributed by atoms with Crippen LogP contribution in [0.3, 0.4) is 0 Å². The van der Waals surface area contributed by atoms with Crippen LogP contribution in [0.5, 0.6) is 0 Å². The van der Waals surface area contributed by atoms with Gasteiger partial charge < -0.3 is 28.8 Å². The van der Waals surface area contributed by atoms with Gasteiger partial charge in [0.1, 0.15) is 13.2 Å². The van der Waals surface area contributed by atoms with Crippen molar-refractivity contribution in [3.8, 4) is 0 Å². The first-order chi connectivity index (χ1) is 34.0. The monoisotopic (exact) mass is 995 g/mol. The second kappa shape index (κ2) is 51.1. The van der Waals surface area contributed by atoms with Crippen LogP contribution in [-0.4, -0.2) is 68.5 Å². The molecule has 0 aliphatic heterocycles. The summed E-state index contributed by atoms with van der Waals surface area (Å²) in [5.41, 5.74) is 0. The first-order valence-electron chi connectivity index (χ1n) is 28.2. The van der Waals surface area contributed by atoms with Gasteiger partial charge in [-0.15, -0.1) is 0 Å². The van der Waals surface area contributed by atoms with E-state index in [0.29, 0.717) is 23.9 Å². The number of hydrogen-bond donors (Lipinski definition) is 2. The predicted molar refractivity (Wildman–Crippen MR) is 302 cm³/mol. The van der Waals surface area contributed by atoms with E-state index in [1.54, 1.807) is 0 Å². The standard InChI is InChI=1S/C61H107N2O6P/c1-6-8-10-12-14-15-16-17-18-19-20-21-22-23-24-25-26-27-28-29-30-31-32-33-34-35-36-37-38-39-40-41-42-43-44-45-46-47-49-51-53-55-61(65)62-59(60(64)54-52-50-48-13-11-9-7-2)58-69-70(66,67)68-57-56-63(3,4)5/h8,10,14-15,17-18,20-21,23-24,26-27,29-30,32-33,35-36,59-60,64H,6-7,9,11-13,16,19,22,25,28,31,34,37-58H2,1-5H3,(H-,62,65,66,67)/b10-8-,15-14-,18-17-,21-20-,24-23-,27-26-,30-29-,33-32-,36-35-. The molecule has 0 aliphatic rings. The average molecular weight is 996 g/mol. The zero-order valence-electron chi connectivity index (χ0n) is 45.7. The summed E-state index contributed by atoms with van der Waals surface area (Å²) in [7, 11) is 1.29. The molecule has 0 heterocycles. The molecule has 0 fully saturated rings. The lowest BCUT2D eigenvalue weighted by molar-refractivity contribution is -0.870. The molecule has 402 valence electrons. The number of carbonyl (C=O) groups excluding carboxylic acids is 1. The molecule has 3 atom stereocenters. The van der Waals surface area contributed by atoms with Crippen LogP contribution in [0.1, 0.15) is 219 Å². The molecule has 0 aromatic rings. The number of quaternary nitrogens is 1. The lowest BCUT2D eigenvalue weighted by atomic mass is 10.0. The third-order valence-electron chi connectivity index (χ3n) is 12.0. The molecular formula is C61H107N2O6P. The van der Waals surface area contributed by atoms with Crippen LogP contribution in [0.4, 0.5) is 0 Å². The van der Waals surface area contributed by atoms with Gasteiger partial charge in [-0.3, -0.25) is 9.36 Å². The molecule has 0 aromatic carbocycles. The lowest BCUT2D eigenvalue weighted by Gasteiger charge is -2.30. The van der Waals surface area contributed by atoms with Crippen LogP contribution in [0.2, 0.25) is 0 Å². The Morgan fingerprint density at radius 1 is 0.514 bits per heavy atom. The summed E-state index contributed by atoms with van der Waals surface area (Å²) < 4.78 is 23.2. The van der Waals surface area contributed by atoms with Crippen LogP contribution in [0, 0.1) is 0 Å². The van der Waals surface area contributed by atoms with E-state index in [1.807, 2.05) is 21.1 Å². The first kappa shape index (κ1) is 67.2. The van der Waals surface area contributed by atoms with Gasteiger partial charge in [0.2, 0.25) is 5.91 Å². The number of likely N-dealkylation sites (N-methyl/N-ethyl adjacent to an activating group) is 1. The summed E-state index contributed by atoms with van der Waals surface area (Å²) in [5, 5.41) is 13.8. The van der Waals surface area contributed by atoms with Gasteiger partial charge in [-0.05, 0) is 83.5 Å². The summed E-state index contributed by atoms with van der Waals surface area (Å²) in [6.45, 7) is 4.54. The minimum atomic E-state index is -4.56. The van der Waals surface area contributed by atoms with E-state index < -0.39 is 20.0 Å². The van der Waals surface area contributed by atoms with Gasteiger partial charge >= 0.3 is 0 Å². The number of nitrogens with zero attached hydrogens (tertiary/aromatic N) is 1. The van der Waals surface area contributed by atoms with E-state index >= 15 is 0 Å². The van der Waals surface area contributed by atoms with Crippen molar-refractivity contribution in [3.05, 3.63) is 109 Å². The van der Waals surface area contributed by atoms with Crippen molar-refractivity contribution in [2.75, 3.05) is 40.9 Å². The van der Waals surface area contributed by atoms with E-state index in [4.69, 9.17) is 9.05 Å². The molecule has 0 aliphatic carbocycles. The number of phosphoric ester groups is 1. The SMILES string of the molecule is CC/C=C\C/C=C\C/C=C\C/C=C\C/C=C\C/C=C\C/C=C\C/C=C\C/C=C\CCCCCCCCCCCCCCCC(=O)NC(COP(=O)([O-])OCC[N+](C)(C)C)C(O)CCCCCCCCC. The van der Waals surface area contributed by atoms with Gasteiger partial charge in [0.05, 0.1) is 39.9 Å². The zero-order valence-corrected chi connectivity index (χ0v) is 46.6. The molecule has 0 saturated heterocycles. The second-order valence-electron chi connectivity index (χ2n) is 19.9. The zero-order chi connectivity index (χ0) is 51.3. The van der Waals surface area contributed by atoms with E-state index in [9.17, 15) is 19.4 Å². The molecule has 0 spiro atoms. The number of allylic oxidation sites excluding steroid dienone is 18. The van der Waals surface area contributed by atoms with E-state index in [-0.39, 0.29) is 19.1 Å². The summed E-state index contributed by atoms with van der Waals surface area (Å²) in [6, 6.07) is -0.803. The van der Waals surface area contributed by atoms with Crippen molar-refractivity contribution in [1.82, 2.24) is 5.32 Å². The van der Waals surface area contributed by atoms with Crippen LogP contribution in [0.25, 0.3) is 0 Å². The highest BCUT2D eigenvalue weighted by Crippen LogP contribution is 2.38. The normalized spacial score (nSPS) is 14.8. The van der Waals surface area contributed by atoms with E-state index in [1.165, 1.54) is 96.3 Å². The lowest BCUT2D eigenvalue weighted by Crippen LogP contribution is -2.46. The minimum absolute atomic E-state index is 0.00776. The third kappa shape index (κ3) is 53.0. The number of nitrogens with one attached hydrogen (secondary N) is 1. The maximum Gasteiger partial charge on any atom is 0.268 e. The molecular weight excluding hydrogens is 888 g/mol. The van der Waals surface area contributed by atoms with Crippen LogP contribution in [0.15, 0.2) is 109 Å². The van der Waals surface area contributed by atoms with Gasteiger partial charge in [0.25, 0.3) is 7.82 Å². The number of aliphatic hydroxyl groups excluding tert-OH is 1. The smallest absolute Gasteiger partial charge is 0.268 e. The van der Waals surface area contributed by atoms with Crippen molar-refractivity contribution in [2.45, 2.75) is 231 Å². The average Bonchev–Trinajstić information content (AvgIpc) is 3.32. The van der Waals surface area contributed by atoms with Crippen molar-refractivity contribution in [3.63, 3.8) is 0 Å². The van der Waals surface area contributed by atoms with Gasteiger partial charge in [-0.25, -0.2) is 0 Å². The molecule has 0 aromatic heterocycles. The molecule has 0 bridgehead atoms. The highest BCUT2D eigenvalue weighted by Gasteiger charge is 2.24. The Morgan fingerprint density at radius 2 is 0.871 bits per heavy atom. The molecule has 3 unspecified atom stereocenters. The Labute approximate surface area is 431 Å². The molecule has 0 saturated carbocycles. The maximum absolute atomic E-state index is 12.9. The quantitative estimate of drug-likeness (QED) is 0.0272. The third-order valence-corrected chi connectivity index (χ3v) is 13.0. The Balaban J connectivity index is 3.90. The Kier molecular flexibility index (Phi) is 49.0. The topological polar surface area (TPSA) is 108 Å².